The van der Waals surface area contributed by atoms with Crippen LogP contribution in [-0.2, 0) is 10.1 Å². The van der Waals surface area contributed by atoms with Crippen molar-refractivity contribution in [1.82, 2.24) is 4.90 Å². The van der Waals surface area contributed by atoms with E-state index in [1.54, 1.807) is 0 Å². The van der Waals surface area contributed by atoms with Crippen LogP contribution in [0.5, 0.6) is 0 Å². The average molecular weight is 382 g/mol. The minimum absolute atomic E-state index is 0.106. The molecule has 3 N–H and O–H groups in total. The highest BCUT2D eigenvalue weighted by Crippen LogP contribution is 2.28. The molecule has 7 heteroatoms. The van der Waals surface area contributed by atoms with Gasteiger partial charge in [0.25, 0.3) is 10.1 Å². The van der Waals surface area contributed by atoms with Crippen molar-refractivity contribution in [3.05, 3.63) is 0 Å². The van der Waals surface area contributed by atoms with Crippen LogP contribution < -0.4 is 0 Å². The summed E-state index contributed by atoms with van der Waals surface area (Å²) in [7, 11) is -4.31. The molecule has 0 aliphatic rings. The molecule has 0 aliphatic heterocycles. The van der Waals surface area contributed by atoms with Crippen molar-refractivity contribution in [1.29, 1.82) is 0 Å². The van der Waals surface area contributed by atoms with Crippen LogP contribution in [-0.4, -0.2) is 59.3 Å². The average Bonchev–Trinajstić information content (AvgIpc) is 2.55. The molecule has 0 fully saturated rings. The van der Waals surface area contributed by atoms with Gasteiger partial charge in [0.05, 0.1) is 13.2 Å². The summed E-state index contributed by atoms with van der Waals surface area (Å²) in [5.41, 5.74) is 0. The Balaban J connectivity index is 4.25. The Morgan fingerprint density at radius 3 is 1.56 bits per heavy atom. The predicted octanol–water partition coefficient (Wildman–Crippen LogP) is 3.19. The molecule has 0 saturated heterocycles. The highest BCUT2D eigenvalue weighted by Gasteiger charge is 2.42. The quantitative estimate of drug-likeness (QED) is 0.264. The van der Waals surface area contributed by atoms with E-state index in [-0.39, 0.29) is 26.3 Å². The fourth-order valence-electron chi connectivity index (χ4n) is 3.22. The first kappa shape index (κ1) is 24.8. The Kier molecular flexibility index (Phi) is 13.8. The van der Waals surface area contributed by atoms with E-state index < -0.39 is 15.0 Å². The Labute approximate surface area is 154 Å². The normalized spacial score (nSPS) is 14.8. The summed E-state index contributed by atoms with van der Waals surface area (Å²) in [5.74, 6) is 0. The summed E-state index contributed by atoms with van der Waals surface area (Å²) >= 11 is 0. The molecule has 6 nitrogen and oxygen atoms in total. The molecule has 1 atom stereocenters. The molecule has 0 aromatic rings. The van der Waals surface area contributed by atoms with Gasteiger partial charge < -0.3 is 10.2 Å². The number of aliphatic hydroxyl groups is 2. The lowest BCUT2D eigenvalue weighted by Crippen LogP contribution is -2.54. The minimum atomic E-state index is -4.31. The van der Waals surface area contributed by atoms with E-state index >= 15 is 0 Å². The number of unbranched alkanes of at least 4 members (excludes halogenated alkanes) is 9. The topological polar surface area (TPSA) is 98.1 Å². The van der Waals surface area contributed by atoms with Crippen molar-refractivity contribution in [2.45, 2.75) is 89.3 Å². The van der Waals surface area contributed by atoms with Crippen LogP contribution in [0.1, 0.15) is 84.5 Å². The highest BCUT2D eigenvalue weighted by molar-refractivity contribution is 7.87. The molecular weight excluding hydrogens is 342 g/mol. The van der Waals surface area contributed by atoms with Crippen molar-refractivity contribution in [3.8, 4) is 0 Å². The number of rotatable bonds is 17. The molecule has 0 heterocycles. The van der Waals surface area contributed by atoms with Crippen molar-refractivity contribution >= 4 is 10.1 Å². The molecule has 0 saturated carbocycles. The molecule has 0 aromatic heterocycles. The zero-order valence-electron chi connectivity index (χ0n) is 16.1. The monoisotopic (exact) mass is 381 g/mol. The lowest BCUT2D eigenvalue weighted by atomic mass is 10.0. The maximum atomic E-state index is 11.9. The molecule has 0 aromatic carbocycles. The lowest BCUT2D eigenvalue weighted by Gasteiger charge is -2.38. The standard InChI is InChI=1S/C18H39NO5S/c1-3-4-5-6-7-8-9-10-11-12-13-18(2,25(22,23)24)19(14-16-20)15-17-21/h20-21H,3-17H2,1-2H3,(H,22,23,24). The largest absolute Gasteiger partial charge is 0.395 e. The van der Waals surface area contributed by atoms with Crippen molar-refractivity contribution in [2.75, 3.05) is 26.3 Å². The Hall–Kier alpha value is -0.210. The van der Waals surface area contributed by atoms with Crippen LogP contribution in [0.2, 0.25) is 0 Å². The summed E-state index contributed by atoms with van der Waals surface area (Å²) in [5, 5.41) is 18.3. The zero-order valence-corrected chi connectivity index (χ0v) is 16.9. The van der Waals surface area contributed by atoms with E-state index in [9.17, 15) is 13.0 Å². The first-order valence-corrected chi connectivity index (χ1v) is 11.2. The van der Waals surface area contributed by atoms with Gasteiger partial charge in [-0.1, -0.05) is 71.1 Å². The van der Waals surface area contributed by atoms with E-state index in [1.165, 1.54) is 50.3 Å². The summed E-state index contributed by atoms with van der Waals surface area (Å²) in [6.07, 6.45) is 11.8. The van der Waals surface area contributed by atoms with Gasteiger partial charge in [0.2, 0.25) is 0 Å². The van der Waals surface area contributed by atoms with Gasteiger partial charge in [0.1, 0.15) is 4.87 Å². The summed E-state index contributed by atoms with van der Waals surface area (Å²) < 4.78 is 33.4. The third kappa shape index (κ3) is 9.89. The maximum absolute atomic E-state index is 11.9. The summed E-state index contributed by atoms with van der Waals surface area (Å²) in [6, 6.07) is 0. The first-order chi connectivity index (χ1) is 11.8. The molecule has 152 valence electrons. The molecule has 1 unspecified atom stereocenters. The second kappa shape index (κ2) is 13.9. The first-order valence-electron chi connectivity index (χ1n) is 9.77. The van der Waals surface area contributed by atoms with E-state index in [4.69, 9.17) is 10.2 Å². The summed E-state index contributed by atoms with van der Waals surface area (Å²) in [4.78, 5) is -0.00528. The van der Waals surface area contributed by atoms with E-state index in [0.717, 1.165) is 19.3 Å². The van der Waals surface area contributed by atoms with Crippen LogP contribution in [0.3, 0.4) is 0 Å². The second-order valence-electron chi connectivity index (χ2n) is 7.02. The molecular formula is C18H39NO5S. The van der Waals surface area contributed by atoms with Gasteiger partial charge in [-0.15, -0.1) is 0 Å². The van der Waals surface area contributed by atoms with Crippen molar-refractivity contribution < 1.29 is 23.2 Å². The highest BCUT2D eigenvalue weighted by atomic mass is 32.2. The molecule has 0 rings (SSSR count). The Morgan fingerprint density at radius 1 is 0.800 bits per heavy atom. The fourth-order valence-corrected chi connectivity index (χ4v) is 4.13. The van der Waals surface area contributed by atoms with E-state index in [1.807, 2.05) is 0 Å². The molecule has 0 radical (unpaired) electrons. The molecule has 0 bridgehead atoms. The number of hydrogen-bond donors (Lipinski definition) is 3. The molecule has 0 spiro atoms. The second-order valence-corrected chi connectivity index (χ2v) is 8.85. The van der Waals surface area contributed by atoms with Gasteiger partial charge >= 0.3 is 0 Å². The van der Waals surface area contributed by atoms with Gasteiger partial charge in [-0.3, -0.25) is 9.45 Å². The van der Waals surface area contributed by atoms with Crippen LogP contribution >= 0.6 is 0 Å². The van der Waals surface area contributed by atoms with Crippen LogP contribution in [0.25, 0.3) is 0 Å². The maximum Gasteiger partial charge on any atom is 0.283 e. The van der Waals surface area contributed by atoms with E-state index in [0.29, 0.717) is 12.8 Å². The molecule has 25 heavy (non-hydrogen) atoms. The number of aliphatic hydroxyl groups excluding tert-OH is 2. The van der Waals surface area contributed by atoms with Crippen molar-refractivity contribution in [3.63, 3.8) is 0 Å². The van der Waals surface area contributed by atoms with Gasteiger partial charge in [-0.25, -0.2) is 0 Å². The smallest absolute Gasteiger partial charge is 0.283 e. The van der Waals surface area contributed by atoms with Gasteiger partial charge in [0, 0.05) is 13.1 Å². The van der Waals surface area contributed by atoms with Gasteiger partial charge in [-0.2, -0.15) is 8.42 Å². The van der Waals surface area contributed by atoms with Gasteiger partial charge in [-0.05, 0) is 13.3 Å². The van der Waals surface area contributed by atoms with Crippen LogP contribution in [0.15, 0.2) is 0 Å². The molecule has 0 aliphatic carbocycles. The predicted molar refractivity (Wildman–Crippen MR) is 102 cm³/mol. The van der Waals surface area contributed by atoms with Crippen LogP contribution in [0, 0.1) is 0 Å². The zero-order chi connectivity index (χ0) is 19.2. The Bertz CT molecular complexity index is 410. The number of hydrogen-bond acceptors (Lipinski definition) is 5. The lowest BCUT2D eigenvalue weighted by molar-refractivity contribution is 0.0951. The molecule has 0 amide bonds. The number of nitrogens with zero attached hydrogens (tertiary/aromatic N) is 1. The SMILES string of the molecule is CCCCCCCCCCCCC(C)(N(CCO)CCO)S(=O)(=O)O. The van der Waals surface area contributed by atoms with Crippen LogP contribution in [0.4, 0.5) is 0 Å². The Morgan fingerprint density at radius 2 is 1.20 bits per heavy atom. The van der Waals surface area contributed by atoms with Crippen molar-refractivity contribution in [2.24, 2.45) is 0 Å². The minimum Gasteiger partial charge on any atom is -0.395 e. The van der Waals surface area contributed by atoms with Gasteiger partial charge in [0.15, 0.2) is 0 Å². The third-order valence-electron chi connectivity index (χ3n) is 4.96. The van der Waals surface area contributed by atoms with E-state index in [2.05, 4.69) is 6.92 Å². The fraction of sp³-hybridized carbons (Fsp3) is 1.00. The third-order valence-corrected chi connectivity index (χ3v) is 6.53. The summed E-state index contributed by atoms with van der Waals surface area (Å²) in [6.45, 7) is 3.46.